The molecule has 2 atom stereocenters. The maximum absolute atomic E-state index is 3.72. The van der Waals surface area contributed by atoms with Crippen molar-refractivity contribution in [2.24, 2.45) is 0 Å². The quantitative estimate of drug-likeness (QED) is 0.873. The van der Waals surface area contributed by atoms with Crippen LogP contribution in [0, 0.1) is 0 Å². The molecule has 0 bridgehead atoms. The fraction of sp³-hybridized carbons (Fsp3) is 0.571. The molecule has 1 aliphatic carbocycles. The van der Waals surface area contributed by atoms with Gasteiger partial charge in [-0.05, 0) is 30.2 Å². The molecule has 2 unspecified atom stereocenters. The largest absolute Gasteiger partial charge is 0.309 e. The summed E-state index contributed by atoms with van der Waals surface area (Å²) in [7, 11) is 0. The highest BCUT2D eigenvalue weighted by Crippen LogP contribution is 2.30. The number of benzene rings is 1. The van der Waals surface area contributed by atoms with Crippen molar-refractivity contribution in [1.82, 2.24) is 5.32 Å². The molecule has 0 spiro atoms. The Bertz CT molecular complexity index is 356. The van der Waals surface area contributed by atoms with Gasteiger partial charge >= 0.3 is 0 Å². The molecule has 0 radical (unpaired) electrons. The molecular formula is C14H20BrNS. The smallest absolute Gasteiger partial charge is 0.0220 e. The van der Waals surface area contributed by atoms with Gasteiger partial charge in [0.15, 0.2) is 0 Å². The SMILES string of the molecule is CCSC1CCCC1NCc1ccccc1Br. The van der Waals surface area contributed by atoms with Gasteiger partial charge < -0.3 is 5.32 Å². The summed E-state index contributed by atoms with van der Waals surface area (Å²) in [6.45, 7) is 3.24. The number of nitrogens with one attached hydrogen (secondary N) is 1. The second kappa shape index (κ2) is 6.81. The van der Waals surface area contributed by atoms with Crippen LogP contribution in [0.2, 0.25) is 0 Å². The summed E-state index contributed by atoms with van der Waals surface area (Å²) in [5.74, 6) is 1.23. The fourth-order valence-electron chi connectivity index (χ4n) is 2.46. The first-order valence-electron chi connectivity index (χ1n) is 6.39. The van der Waals surface area contributed by atoms with Crippen LogP contribution in [0.3, 0.4) is 0 Å². The van der Waals surface area contributed by atoms with Crippen molar-refractivity contribution >= 4 is 27.7 Å². The summed E-state index contributed by atoms with van der Waals surface area (Å²) in [5.41, 5.74) is 1.36. The number of hydrogen-bond acceptors (Lipinski definition) is 2. The van der Waals surface area contributed by atoms with Crippen molar-refractivity contribution in [2.45, 2.75) is 44.0 Å². The topological polar surface area (TPSA) is 12.0 Å². The first-order chi connectivity index (χ1) is 8.31. The van der Waals surface area contributed by atoms with Crippen LogP contribution in [0.1, 0.15) is 31.7 Å². The summed E-state index contributed by atoms with van der Waals surface area (Å²) in [4.78, 5) is 0. The van der Waals surface area contributed by atoms with Crippen LogP contribution in [-0.4, -0.2) is 17.0 Å². The monoisotopic (exact) mass is 313 g/mol. The normalized spacial score (nSPS) is 24.1. The van der Waals surface area contributed by atoms with Crippen molar-refractivity contribution in [2.75, 3.05) is 5.75 Å². The van der Waals surface area contributed by atoms with Gasteiger partial charge in [-0.25, -0.2) is 0 Å². The molecule has 1 fully saturated rings. The van der Waals surface area contributed by atoms with Crippen LogP contribution in [0.15, 0.2) is 28.7 Å². The zero-order chi connectivity index (χ0) is 12.1. The van der Waals surface area contributed by atoms with E-state index in [1.165, 1.54) is 35.1 Å². The third kappa shape index (κ3) is 3.73. The Morgan fingerprint density at radius 3 is 2.94 bits per heavy atom. The van der Waals surface area contributed by atoms with Gasteiger partial charge in [0.05, 0.1) is 0 Å². The van der Waals surface area contributed by atoms with Crippen LogP contribution in [0.4, 0.5) is 0 Å². The van der Waals surface area contributed by atoms with Gasteiger partial charge in [0, 0.05) is 22.3 Å². The van der Waals surface area contributed by atoms with E-state index >= 15 is 0 Å². The van der Waals surface area contributed by atoms with Gasteiger partial charge in [-0.3, -0.25) is 0 Å². The lowest BCUT2D eigenvalue weighted by atomic mass is 10.2. The zero-order valence-corrected chi connectivity index (χ0v) is 12.7. The predicted octanol–water partition coefficient (Wildman–Crippen LogP) is 4.21. The maximum Gasteiger partial charge on any atom is 0.0220 e. The lowest BCUT2D eigenvalue weighted by molar-refractivity contribution is 0.531. The summed E-state index contributed by atoms with van der Waals surface area (Å²) in [6, 6.07) is 9.18. The summed E-state index contributed by atoms with van der Waals surface area (Å²) in [6.07, 6.45) is 4.10. The Labute approximate surface area is 117 Å². The number of halogens is 1. The van der Waals surface area contributed by atoms with Crippen LogP contribution >= 0.6 is 27.7 Å². The molecular weight excluding hydrogens is 294 g/mol. The van der Waals surface area contributed by atoms with E-state index in [2.05, 4.69) is 64.2 Å². The lowest BCUT2D eigenvalue weighted by Gasteiger charge is -2.20. The number of thioether (sulfide) groups is 1. The van der Waals surface area contributed by atoms with Crippen molar-refractivity contribution in [1.29, 1.82) is 0 Å². The highest BCUT2D eigenvalue weighted by molar-refractivity contribution is 9.10. The second-order valence-electron chi connectivity index (χ2n) is 4.50. The third-order valence-corrected chi connectivity index (χ3v) is 5.45. The molecule has 1 aromatic carbocycles. The van der Waals surface area contributed by atoms with Crippen molar-refractivity contribution < 1.29 is 0 Å². The van der Waals surface area contributed by atoms with Crippen molar-refractivity contribution in [3.63, 3.8) is 0 Å². The predicted molar refractivity (Wildman–Crippen MR) is 80.5 cm³/mol. The van der Waals surface area contributed by atoms with E-state index < -0.39 is 0 Å². The van der Waals surface area contributed by atoms with Gasteiger partial charge in [-0.1, -0.05) is 47.5 Å². The Balaban J connectivity index is 1.87. The molecule has 94 valence electrons. The third-order valence-electron chi connectivity index (χ3n) is 3.35. The van der Waals surface area contributed by atoms with E-state index in [-0.39, 0.29) is 0 Å². The summed E-state index contributed by atoms with van der Waals surface area (Å²) in [5, 5.41) is 4.54. The second-order valence-corrected chi connectivity index (χ2v) is 6.87. The summed E-state index contributed by atoms with van der Waals surface area (Å²) >= 11 is 5.72. The molecule has 0 heterocycles. The van der Waals surface area contributed by atoms with Crippen LogP contribution in [0.5, 0.6) is 0 Å². The molecule has 0 amide bonds. The Hall–Kier alpha value is 0.01000. The first kappa shape index (κ1) is 13.4. The van der Waals surface area contributed by atoms with E-state index in [1.54, 1.807) is 0 Å². The van der Waals surface area contributed by atoms with Crippen molar-refractivity contribution in [3.05, 3.63) is 34.3 Å². The van der Waals surface area contributed by atoms with Crippen LogP contribution in [-0.2, 0) is 6.54 Å². The van der Waals surface area contributed by atoms with E-state index in [1.807, 2.05) is 0 Å². The van der Waals surface area contributed by atoms with Crippen molar-refractivity contribution in [3.8, 4) is 0 Å². The van der Waals surface area contributed by atoms with Gasteiger partial charge in [0.25, 0.3) is 0 Å². The molecule has 1 N–H and O–H groups in total. The van der Waals surface area contributed by atoms with E-state index in [0.717, 1.165) is 11.8 Å². The van der Waals surface area contributed by atoms with Crippen LogP contribution in [0.25, 0.3) is 0 Å². The molecule has 1 aliphatic rings. The van der Waals surface area contributed by atoms with E-state index in [0.29, 0.717) is 6.04 Å². The molecule has 1 saturated carbocycles. The van der Waals surface area contributed by atoms with Crippen LogP contribution < -0.4 is 5.32 Å². The Morgan fingerprint density at radius 2 is 2.18 bits per heavy atom. The highest BCUT2D eigenvalue weighted by atomic mass is 79.9. The van der Waals surface area contributed by atoms with E-state index in [4.69, 9.17) is 0 Å². The molecule has 1 aromatic rings. The first-order valence-corrected chi connectivity index (χ1v) is 8.24. The average Bonchev–Trinajstić information content (AvgIpc) is 2.76. The highest BCUT2D eigenvalue weighted by Gasteiger charge is 2.26. The average molecular weight is 314 g/mol. The minimum atomic E-state index is 0.701. The minimum absolute atomic E-state index is 0.701. The lowest BCUT2D eigenvalue weighted by Crippen LogP contribution is -2.33. The minimum Gasteiger partial charge on any atom is -0.309 e. The molecule has 2 rings (SSSR count). The standard InChI is InChI=1S/C14H20BrNS/c1-2-17-14-9-5-8-13(14)16-10-11-6-3-4-7-12(11)15/h3-4,6-7,13-14,16H,2,5,8-10H2,1H3. The van der Waals surface area contributed by atoms with Gasteiger partial charge in [0.1, 0.15) is 0 Å². The fourth-order valence-corrected chi connectivity index (χ4v) is 4.11. The Morgan fingerprint density at radius 1 is 1.35 bits per heavy atom. The molecule has 17 heavy (non-hydrogen) atoms. The molecule has 1 nitrogen and oxygen atoms in total. The molecule has 0 aromatic heterocycles. The van der Waals surface area contributed by atoms with Gasteiger partial charge in [-0.2, -0.15) is 11.8 Å². The molecule has 0 aliphatic heterocycles. The number of rotatable bonds is 5. The zero-order valence-electron chi connectivity index (χ0n) is 10.3. The van der Waals surface area contributed by atoms with E-state index in [9.17, 15) is 0 Å². The van der Waals surface area contributed by atoms with Gasteiger partial charge in [0.2, 0.25) is 0 Å². The summed E-state index contributed by atoms with van der Waals surface area (Å²) < 4.78 is 1.21. The maximum atomic E-state index is 3.72. The molecule has 0 saturated heterocycles. The van der Waals surface area contributed by atoms with Gasteiger partial charge in [-0.15, -0.1) is 0 Å². The number of hydrogen-bond donors (Lipinski definition) is 1. The Kier molecular flexibility index (Phi) is 5.39. The molecule has 3 heteroatoms.